The molecule has 0 spiro atoms. The fraction of sp³-hybridized carbons (Fsp3) is 0.295. The largest absolute Gasteiger partial charge is 0.312 e. The van der Waals surface area contributed by atoms with E-state index in [2.05, 4.69) is 99.3 Å². The molecule has 16 nitrogen and oxygen atoms in total. The van der Waals surface area contributed by atoms with Gasteiger partial charge in [-0.2, -0.15) is 0 Å². The summed E-state index contributed by atoms with van der Waals surface area (Å²) in [6, 6.07) is 49.5. The first kappa shape index (κ1) is 67.2. The quantitative estimate of drug-likeness (QED) is 0.0767. The third kappa shape index (κ3) is 12.2. The summed E-state index contributed by atoms with van der Waals surface area (Å²) in [6.07, 6.45) is 12.7. The minimum absolute atomic E-state index is 0.00186. The fourth-order valence-corrected chi connectivity index (χ4v) is 17.5. The van der Waals surface area contributed by atoms with Gasteiger partial charge in [0.1, 0.15) is 0 Å². The number of carbonyl (C=O) groups excluding carboxylic acids is 8. The van der Waals surface area contributed by atoms with Crippen molar-refractivity contribution >= 4 is 104 Å². The van der Waals surface area contributed by atoms with Crippen LogP contribution in [0.4, 0.5) is 45.5 Å². The number of carbonyl (C=O) groups is 8. The van der Waals surface area contributed by atoms with Crippen molar-refractivity contribution in [2.75, 3.05) is 91.6 Å². The van der Waals surface area contributed by atoms with E-state index in [4.69, 9.17) is 6.58 Å². The van der Waals surface area contributed by atoms with Crippen LogP contribution in [0.2, 0.25) is 0 Å². The second kappa shape index (κ2) is 27.8. The van der Waals surface area contributed by atoms with Crippen molar-refractivity contribution in [3.05, 3.63) is 193 Å². The van der Waals surface area contributed by atoms with Gasteiger partial charge in [-0.15, -0.1) is 0 Å². The Morgan fingerprint density at radius 1 is 0.308 bits per heavy atom. The maximum Gasteiger partial charge on any atom is 0.227 e. The minimum Gasteiger partial charge on any atom is -0.312 e. The molecule has 8 aromatic rings. The first-order chi connectivity index (χ1) is 50.6. The molecule has 8 aromatic carbocycles. The molecule has 8 heterocycles. The molecule has 16 rings (SSSR count). The van der Waals surface area contributed by atoms with E-state index >= 15 is 0 Å². The molecule has 8 aliphatic heterocycles. The van der Waals surface area contributed by atoms with Crippen LogP contribution in [0.3, 0.4) is 0 Å². The lowest BCUT2D eigenvalue weighted by atomic mass is 9.73. The Bertz CT molecular complexity index is 4870. The van der Waals surface area contributed by atoms with Gasteiger partial charge < -0.3 is 39.2 Å². The van der Waals surface area contributed by atoms with E-state index in [0.717, 1.165) is 83.5 Å². The normalized spacial score (nSPS) is 18.1. The van der Waals surface area contributed by atoms with E-state index in [1.54, 1.807) is 6.08 Å². The molecule has 8 aliphatic rings. The summed E-state index contributed by atoms with van der Waals surface area (Å²) >= 11 is 0. The number of benzene rings is 8. The first-order valence-electron chi connectivity index (χ1n) is 37.1. The number of hydrogen-bond donors (Lipinski definition) is 0. The van der Waals surface area contributed by atoms with Gasteiger partial charge >= 0.3 is 0 Å². The molecule has 0 bridgehead atoms. The average Bonchev–Trinajstić information content (AvgIpc) is 0.799. The molecule has 0 atom stereocenters. The first-order valence-corrected chi connectivity index (χ1v) is 37.1. The standard InChI is InChI=1S/C88H84N8O8/c1-5-20-70(55(2)58-43-62(89-35-12-27-77(89)97)51-63(44-58)90-36-13-28-78(90)98)85-56(3)87(75-25-10-7-22-72(75)60-47-66(93-39-16-31-81(93)101)53-67(48-60)94-40-17-32-82(94)102)88(76-26-11-8-23-73(76)61-49-68(95-41-18-33-83(95)103)54-69(50-61)96-42-19-34-84(96)104)57(4)86(85)74-24-9-6-21-71(74)59-45-64(91-37-14-29-79(91)99)52-65(46-59)92-38-15-30-80(92)100/h5-11,20-26,43-54H,1-2,12-19,27-42H2,3-4H3/b70-20+. The van der Waals surface area contributed by atoms with Crippen LogP contribution in [0.5, 0.6) is 0 Å². The lowest BCUT2D eigenvalue weighted by molar-refractivity contribution is -0.117. The Balaban J connectivity index is 1.02. The van der Waals surface area contributed by atoms with Crippen LogP contribution in [0.15, 0.2) is 171 Å². The molecule has 8 fully saturated rings. The minimum atomic E-state index is 0.00186. The van der Waals surface area contributed by atoms with Crippen molar-refractivity contribution < 1.29 is 38.4 Å². The topological polar surface area (TPSA) is 162 Å². The molecule has 8 saturated heterocycles. The smallest absolute Gasteiger partial charge is 0.227 e. The highest BCUT2D eigenvalue weighted by Crippen LogP contribution is 2.55. The van der Waals surface area contributed by atoms with E-state index in [9.17, 15) is 38.4 Å². The summed E-state index contributed by atoms with van der Waals surface area (Å²) in [4.78, 5) is 126. The van der Waals surface area contributed by atoms with E-state index in [0.29, 0.717) is 217 Å². The van der Waals surface area contributed by atoms with Crippen LogP contribution >= 0.6 is 0 Å². The highest BCUT2D eigenvalue weighted by atomic mass is 16.2. The summed E-state index contributed by atoms with van der Waals surface area (Å²) in [5, 5.41) is 0. The Morgan fingerprint density at radius 2 is 0.538 bits per heavy atom. The van der Waals surface area contributed by atoms with Crippen molar-refractivity contribution in [2.24, 2.45) is 0 Å². The number of allylic oxidation sites excluding steroid dienone is 4. The van der Waals surface area contributed by atoms with Crippen LogP contribution in [-0.4, -0.2) is 99.6 Å². The molecular weight excluding hydrogens is 1300 g/mol. The van der Waals surface area contributed by atoms with Crippen LogP contribution < -0.4 is 39.2 Å². The van der Waals surface area contributed by atoms with Crippen molar-refractivity contribution in [2.45, 2.75) is 117 Å². The van der Waals surface area contributed by atoms with Crippen LogP contribution in [0, 0.1) is 13.8 Å². The highest BCUT2D eigenvalue weighted by molar-refractivity contribution is 6.15. The summed E-state index contributed by atoms with van der Waals surface area (Å²) in [5.74, 6) is 0.119. The van der Waals surface area contributed by atoms with Crippen molar-refractivity contribution in [1.82, 2.24) is 0 Å². The fourth-order valence-electron chi connectivity index (χ4n) is 17.5. The Morgan fingerprint density at radius 3 is 0.779 bits per heavy atom. The highest BCUT2D eigenvalue weighted by Gasteiger charge is 2.36. The second-order valence-electron chi connectivity index (χ2n) is 28.8. The van der Waals surface area contributed by atoms with Gasteiger partial charge in [-0.1, -0.05) is 98.1 Å². The molecule has 104 heavy (non-hydrogen) atoms. The van der Waals surface area contributed by atoms with Crippen molar-refractivity contribution in [3.8, 4) is 66.8 Å². The number of nitrogens with zero attached hydrogens (tertiary/aromatic N) is 8. The van der Waals surface area contributed by atoms with E-state index < -0.39 is 0 Å². The summed E-state index contributed by atoms with van der Waals surface area (Å²) in [5.41, 5.74) is 20.1. The number of rotatable bonds is 18. The van der Waals surface area contributed by atoms with Gasteiger partial charge in [0.05, 0.1) is 0 Å². The number of hydrogen-bond acceptors (Lipinski definition) is 8. The molecule has 0 N–H and O–H groups in total. The van der Waals surface area contributed by atoms with Crippen LogP contribution in [0.1, 0.15) is 125 Å². The predicted octanol–water partition coefficient (Wildman–Crippen LogP) is 16.6. The lowest BCUT2D eigenvalue weighted by Gasteiger charge is -2.30. The van der Waals surface area contributed by atoms with E-state index in [1.165, 1.54) is 0 Å². The van der Waals surface area contributed by atoms with Gasteiger partial charge in [0, 0.05) is 149 Å². The molecule has 0 unspecified atom stereocenters. The number of amides is 8. The zero-order valence-electron chi connectivity index (χ0n) is 59.2. The molecule has 0 aromatic heterocycles. The Labute approximate surface area is 607 Å². The summed E-state index contributed by atoms with van der Waals surface area (Å²) in [7, 11) is 0. The monoisotopic (exact) mass is 1380 g/mol. The van der Waals surface area contributed by atoms with Gasteiger partial charge in [0.15, 0.2) is 0 Å². The lowest BCUT2D eigenvalue weighted by Crippen LogP contribution is -2.26. The number of anilines is 8. The molecule has 0 aliphatic carbocycles. The van der Waals surface area contributed by atoms with Gasteiger partial charge in [-0.05, 0) is 238 Å². The SMILES string of the molecule is C=C/C=C(\C(=C)c1cc(N2CCCC2=O)cc(N2CCCC2=O)c1)c1c(C)c(-c2ccccc2-c2cc(N3CCCC3=O)cc(N3CCCC3=O)c2)c(-c2ccccc2-c2cc(N3CCCC3=O)cc(N3CCCC3=O)c2)c(C)c1-c1ccccc1-c1cc(N2CCCC2=O)cc(N2CCCC2=O)c1. The average molecular weight is 1380 g/mol. The van der Waals surface area contributed by atoms with Gasteiger partial charge in [0.25, 0.3) is 0 Å². The van der Waals surface area contributed by atoms with Gasteiger partial charge in [-0.3, -0.25) is 38.4 Å². The molecule has 0 saturated carbocycles. The molecule has 524 valence electrons. The van der Waals surface area contributed by atoms with Gasteiger partial charge in [-0.25, -0.2) is 0 Å². The summed E-state index contributed by atoms with van der Waals surface area (Å²) in [6.45, 7) is 18.1. The van der Waals surface area contributed by atoms with E-state index in [-0.39, 0.29) is 47.3 Å². The third-order valence-corrected chi connectivity index (χ3v) is 22.4. The van der Waals surface area contributed by atoms with Crippen LogP contribution in [-0.2, 0) is 38.4 Å². The van der Waals surface area contributed by atoms with Crippen molar-refractivity contribution in [1.29, 1.82) is 0 Å². The zero-order valence-corrected chi connectivity index (χ0v) is 59.2. The zero-order chi connectivity index (χ0) is 71.6. The van der Waals surface area contributed by atoms with Gasteiger partial charge in [0.2, 0.25) is 47.3 Å². The van der Waals surface area contributed by atoms with Crippen molar-refractivity contribution in [3.63, 3.8) is 0 Å². The Kier molecular flexibility index (Phi) is 18.0. The maximum absolute atomic E-state index is 13.9. The third-order valence-electron chi connectivity index (χ3n) is 22.4. The molecule has 0 radical (unpaired) electrons. The molecular formula is C88H84N8O8. The maximum atomic E-state index is 13.9. The molecule has 16 heteroatoms. The Hall–Kier alpha value is -11.3. The molecule has 8 amide bonds. The summed E-state index contributed by atoms with van der Waals surface area (Å²) < 4.78 is 0. The second-order valence-corrected chi connectivity index (χ2v) is 28.8. The predicted molar refractivity (Wildman–Crippen MR) is 415 cm³/mol. The van der Waals surface area contributed by atoms with E-state index in [1.807, 2.05) is 112 Å². The van der Waals surface area contributed by atoms with Crippen LogP contribution in [0.25, 0.3) is 77.9 Å².